The van der Waals surface area contributed by atoms with Crippen LogP contribution in [0.15, 0.2) is 66.7 Å². The topological polar surface area (TPSA) is 454 Å². The van der Waals surface area contributed by atoms with E-state index in [0.29, 0.717) is 21.5 Å². The number of aromatic hydroxyl groups is 1. The molecule has 0 unspecified atom stereocenters. The molecule has 4 saturated heterocycles. The minimum atomic E-state index is -2.08. The Morgan fingerprint density at radius 3 is 2.03 bits per heavy atom. The van der Waals surface area contributed by atoms with Crippen molar-refractivity contribution in [3.05, 3.63) is 77.9 Å². The highest BCUT2D eigenvalue weighted by Crippen LogP contribution is 2.43. The van der Waals surface area contributed by atoms with Crippen LogP contribution in [-0.2, 0) is 39.9 Å². The predicted molar refractivity (Wildman–Crippen MR) is 357 cm³/mol. The lowest BCUT2D eigenvalue weighted by molar-refractivity contribution is -0.147. The van der Waals surface area contributed by atoms with Gasteiger partial charge in [0.05, 0.1) is 61.5 Å². The molecule has 0 bridgehead atoms. The molecule has 1 saturated carbocycles. The number of hydrogen-bond acceptors (Lipinski definition) is 24. The van der Waals surface area contributed by atoms with Gasteiger partial charge in [0.1, 0.15) is 52.9 Å². The summed E-state index contributed by atoms with van der Waals surface area (Å²) in [4.78, 5) is 106. The highest BCUT2D eigenvalue weighted by atomic mass is 32.1. The van der Waals surface area contributed by atoms with Crippen molar-refractivity contribution >= 4 is 58.4 Å². The number of carbonyl (C=O) groups is 7. The number of methoxy groups -OCH3 is 1. The Morgan fingerprint density at radius 2 is 1.40 bits per heavy atom. The van der Waals surface area contributed by atoms with E-state index < -0.39 is 159 Å². The van der Waals surface area contributed by atoms with Gasteiger partial charge in [-0.3, -0.25) is 33.6 Å². The Bertz CT molecular complexity index is 3370. The lowest BCUT2D eigenvalue weighted by Crippen LogP contribution is -2.64. The zero-order chi connectivity index (χ0) is 70.5. The number of aromatic nitrogens is 2. The Kier molecular flexibility index (Phi) is 25.9. The van der Waals surface area contributed by atoms with Gasteiger partial charge in [0.15, 0.2) is 11.5 Å². The van der Waals surface area contributed by atoms with E-state index in [4.69, 9.17) is 15.2 Å². The number of amides is 7. The van der Waals surface area contributed by atoms with Crippen molar-refractivity contribution < 1.29 is 89.0 Å². The molecule has 0 radical (unpaired) electrons. The molecule has 5 aliphatic rings. The average molecular weight is 1390 g/mol. The summed E-state index contributed by atoms with van der Waals surface area (Å²) in [5, 5.41) is 124. The summed E-state index contributed by atoms with van der Waals surface area (Å²) in [7, 11) is 1.86. The van der Waals surface area contributed by atoms with Crippen LogP contribution in [0.3, 0.4) is 0 Å². The number of β-amino-alcohol motifs (C(OH)–C–C–N with tert-alkyl or cyclic N) is 1. The van der Waals surface area contributed by atoms with Crippen LogP contribution in [0.1, 0.15) is 94.0 Å². The number of carbonyl (C=O) groups excluding carboxylic acids is 7. The van der Waals surface area contributed by atoms with E-state index in [1.165, 1.54) is 80.7 Å². The molecule has 536 valence electrons. The van der Waals surface area contributed by atoms with Crippen molar-refractivity contribution in [1.29, 1.82) is 0 Å². The minimum absolute atomic E-state index is 0.0358. The second kappa shape index (κ2) is 34.0. The SMILES string of the molecule is COC1(C2CCCCC2)CCN(c2ccc(-c3nnc(-c4ccc(C(=O)N[C@H]5C[C@@H](O)CNC(=O)[C@@H]6[C@@H](O)[C@@H](C)CN6C(=O)[C@H]([C@H](O)CCN)NC(=O)[C@H]([C@H](O)Cc6ccc(O)c(OCCNC(CO)CO)c6)NC(=O)[C@@H]6C[C@@H](O)CN6C(=O)[C@H]([C@@H](C)O)NC5=O)cc4)s3)cc2)CC1. The van der Waals surface area contributed by atoms with Crippen LogP contribution in [0.4, 0.5) is 5.69 Å². The summed E-state index contributed by atoms with van der Waals surface area (Å²) in [6.45, 7) is 2.01. The highest BCUT2D eigenvalue weighted by molar-refractivity contribution is 7.17. The van der Waals surface area contributed by atoms with Crippen molar-refractivity contribution in [2.45, 2.75) is 169 Å². The number of ether oxygens (including phenoxy) is 2. The number of nitrogens with zero attached hydrogens (tertiary/aromatic N) is 5. The Balaban J connectivity index is 0.947. The Morgan fingerprint density at radius 1 is 0.765 bits per heavy atom. The highest BCUT2D eigenvalue weighted by Gasteiger charge is 2.50. The first-order valence-electron chi connectivity index (χ1n) is 33.6. The zero-order valence-electron chi connectivity index (χ0n) is 55.3. The van der Waals surface area contributed by atoms with Gasteiger partial charge in [0, 0.05) is 93.9 Å². The maximum atomic E-state index is 14.8. The third kappa shape index (κ3) is 17.9. The predicted octanol–water partition coefficient (Wildman–Crippen LogP) is -2.24. The van der Waals surface area contributed by atoms with E-state index in [-0.39, 0.29) is 74.1 Å². The zero-order valence-corrected chi connectivity index (χ0v) is 56.1. The standard InChI is InChI=1S/C67H94N12O18S/c1-36-32-79-56(57(36)88)62(93)70-31-45(83)29-47(71-58(89)39-10-12-40(13-11-39)63-75-76-64(98-63)41-14-16-44(17-15-41)77-24-20-67(96-3,21-25-77)42-7-5-4-6-8-42)59(90)72-53(37(2)82)65(94)78-33-46(84)30-48(78)60(91)73-54(61(92)74-55(66(79)95)50(86)19-22-68)51(87)27-38-9-18-49(85)52(28-38)97-26-23-69-43(34-80)35-81/h9-18,28,36-37,42-43,45-48,50-51,53-57,69,80-88H,4-8,19-27,29-35,68H2,1-3H3,(H,70,93)(H,71,89)(H,72,90)(H,73,91)(H,74,92)/t36-,37+,45+,46+,47-,48-,50+,51+,53-,54-,55-,56-,57-/m0/s1. The molecular formula is C67H94N12O18S. The number of aliphatic hydroxyl groups is 8. The molecule has 7 amide bonds. The van der Waals surface area contributed by atoms with Crippen molar-refractivity contribution in [2.24, 2.45) is 17.6 Å². The molecule has 4 aromatic rings. The number of anilines is 1. The van der Waals surface area contributed by atoms with Crippen molar-refractivity contribution in [1.82, 2.24) is 51.9 Å². The normalized spacial score (nSPS) is 26.6. The minimum Gasteiger partial charge on any atom is -0.504 e. The molecule has 1 aliphatic carbocycles. The Labute approximate surface area is 571 Å². The third-order valence-corrected chi connectivity index (χ3v) is 20.6. The molecule has 9 rings (SSSR count). The number of benzene rings is 3. The number of aliphatic hydroxyl groups excluding tert-OH is 8. The van der Waals surface area contributed by atoms with E-state index in [2.05, 4.69) is 59.1 Å². The number of nitrogens with one attached hydrogen (secondary N) is 6. The van der Waals surface area contributed by atoms with E-state index in [9.17, 15) is 79.5 Å². The van der Waals surface area contributed by atoms with Crippen LogP contribution in [0.5, 0.6) is 11.5 Å². The summed E-state index contributed by atoms with van der Waals surface area (Å²) < 4.78 is 12.0. The first kappa shape index (κ1) is 74.7. The van der Waals surface area contributed by atoms with Crippen molar-refractivity contribution in [3.8, 4) is 32.6 Å². The van der Waals surface area contributed by atoms with E-state index in [0.717, 1.165) is 53.9 Å². The summed E-state index contributed by atoms with van der Waals surface area (Å²) in [6.07, 6.45) is -3.91. The van der Waals surface area contributed by atoms with Gasteiger partial charge in [-0.2, -0.15) is 0 Å². The number of piperidine rings is 1. The Hall–Kier alpha value is -7.53. The number of rotatable bonds is 21. The maximum Gasteiger partial charge on any atom is 0.251 e. The molecule has 17 N–H and O–H groups in total. The second-order valence-corrected chi connectivity index (χ2v) is 27.3. The number of fused-ring (bicyclic) bond motifs is 2. The van der Waals surface area contributed by atoms with Crippen LogP contribution in [0.25, 0.3) is 21.1 Å². The first-order valence-corrected chi connectivity index (χ1v) is 34.4. The van der Waals surface area contributed by atoms with Crippen LogP contribution in [0, 0.1) is 11.8 Å². The van der Waals surface area contributed by atoms with Gasteiger partial charge in [-0.25, -0.2) is 0 Å². The largest absolute Gasteiger partial charge is 0.504 e. The fourth-order valence-corrected chi connectivity index (χ4v) is 14.7. The molecule has 3 aromatic carbocycles. The maximum absolute atomic E-state index is 14.8. The van der Waals surface area contributed by atoms with E-state index >= 15 is 0 Å². The smallest absolute Gasteiger partial charge is 0.251 e. The van der Waals surface area contributed by atoms with Gasteiger partial charge >= 0.3 is 0 Å². The first-order chi connectivity index (χ1) is 47.0. The monoisotopic (exact) mass is 1390 g/mol. The van der Waals surface area contributed by atoms with E-state index in [1.807, 2.05) is 19.2 Å². The second-order valence-electron chi connectivity index (χ2n) is 26.4. The number of nitrogens with two attached hydrogens (primary N) is 1. The summed E-state index contributed by atoms with van der Waals surface area (Å²) in [5.74, 6) is -8.29. The molecule has 98 heavy (non-hydrogen) atoms. The van der Waals surface area contributed by atoms with Crippen LogP contribution >= 0.6 is 11.3 Å². The van der Waals surface area contributed by atoms with E-state index in [1.54, 1.807) is 12.1 Å². The molecule has 5 fully saturated rings. The van der Waals surface area contributed by atoms with Gasteiger partial charge in [-0.05, 0) is 106 Å². The lowest BCUT2D eigenvalue weighted by atomic mass is 9.72. The van der Waals surface area contributed by atoms with Crippen LogP contribution in [0.2, 0.25) is 0 Å². The molecule has 5 heterocycles. The van der Waals surface area contributed by atoms with Crippen molar-refractivity contribution in [2.75, 3.05) is 77.6 Å². The fraction of sp³-hybridized carbons (Fsp3) is 0.597. The molecular weight excluding hydrogens is 1290 g/mol. The molecule has 13 atom stereocenters. The third-order valence-electron chi connectivity index (χ3n) is 19.6. The van der Waals surface area contributed by atoms with Gasteiger partial charge in [-0.1, -0.05) is 55.7 Å². The quantitative estimate of drug-likeness (QED) is 0.0392. The van der Waals surface area contributed by atoms with Gasteiger partial charge < -0.3 is 108 Å². The van der Waals surface area contributed by atoms with Gasteiger partial charge in [0.2, 0.25) is 35.4 Å². The number of phenolic OH excluding ortho intramolecular Hbond substituents is 1. The average Bonchev–Trinajstić information content (AvgIpc) is 1.45. The van der Waals surface area contributed by atoms with Crippen molar-refractivity contribution in [3.63, 3.8) is 0 Å². The molecule has 1 aromatic heterocycles. The molecule has 0 spiro atoms. The number of phenols is 1. The fourth-order valence-electron chi connectivity index (χ4n) is 13.9. The lowest BCUT2D eigenvalue weighted by Gasteiger charge is -2.47. The molecule has 4 aliphatic heterocycles. The summed E-state index contributed by atoms with van der Waals surface area (Å²) in [6, 6.07) is 6.58. The summed E-state index contributed by atoms with van der Waals surface area (Å²) >= 11 is 1.34. The number of hydrogen-bond donors (Lipinski definition) is 16. The molecule has 31 heteroatoms. The van der Waals surface area contributed by atoms with Crippen LogP contribution in [-0.4, -0.2) is 265 Å². The summed E-state index contributed by atoms with van der Waals surface area (Å²) in [5.41, 5.74) is 8.59. The van der Waals surface area contributed by atoms with Crippen LogP contribution < -0.4 is 47.3 Å². The molecule has 30 nitrogen and oxygen atoms in total. The van der Waals surface area contributed by atoms with Gasteiger partial charge in [0.25, 0.3) is 5.91 Å². The van der Waals surface area contributed by atoms with Gasteiger partial charge in [-0.15, -0.1) is 10.2 Å².